The highest BCUT2D eigenvalue weighted by molar-refractivity contribution is 4.83. The fourth-order valence-electron chi connectivity index (χ4n) is 3.25. The maximum absolute atomic E-state index is 9.13. The van der Waals surface area contributed by atoms with Gasteiger partial charge in [-0.05, 0) is 26.7 Å². The third-order valence-electron chi connectivity index (χ3n) is 4.84. The van der Waals surface area contributed by atoms with Crippen LogP contribution in [0.5, 0.6) is 0 Å². The van der Waals surface area contributed by atoms with Crippen molar-refractivity contribution in [1.29, 1.82) is 5.26 Å². The summed E-state index contributed by atoms with van der Waals surface area (Å²) in [6.45, 7) is 9.74. The summed E-state index contributed by atoms with van der Waals surface area (Å²) in [5.74, 6) is 0. The molecule has 0 saturated heterocycles. The van der Waals surface area contributed by atoms with Gasteiger partial charge in [0.05, 0.1) is 12.6 Å². The van der Waals surface area contributed by atoms with Gasteiger partial charge in [-0.2, -0.15) is 5.26 Å². The molecule has 0 saturated carbocycles. The zero-order valence-electron chi connectivity index (χ0n) is 15.7. The molecule has 0 fully saturated rings. The van der Waals surface area contributed by atoms with Crippen molar-refractivity contribution < 1.29 is 0 Å². The fourth-order valence-corrected chi connectivity index (χ4v) is 3.25. The van der Waals surface area contributed by atoms with Crippen molar-refractivity contribution in [2.75, 3.05) is 6.54 Å². The van der Waals surface area contributed by atoms with E-state index < -0.39 is 0 Å². The van der Waals surface area contributed by atoms with Crippen LogP contribution in [0.3, 0.4) is 0 Å². The molecule has 0 aliphatic rings. The van der Waals surface area contributed by atoms with Crippen molar-refractivity contribution in [3.05, 3.63) is 0 Å². The summed E-state index contributed by atoms with van der Waals surface area (Å²) in [5, 5.41) is 9.13. The van der Waals surface area contributed by atoms with Gasteiger partial charge in [-0.25, -0.2) is 0 Å². The van der Waals surface area contributed by atoms with Gasteiger partial charge in [0.2, 0.25) is 0 Å². The van der Waals surface area contributed by atoms with E-state index in [4.69, 9.17) is 5.26 Å². The van der Waals surface area contributed by atoms with Gasteiger partial charge in [0.25, 0.3) is 0 Å². The lowest BCUT2D eigenvalue weighted by molar-refractivity contribution is 0.154. The highest BCUT2D eigenvalue weighted by Gasteiger charge is 2.19. The molecule has 130 valence electrons. The van der Waals surface area contributed by atoms with Crippen LogP contribution < -0.4 is 0 Å². The average molecular weight is 309 g/mol. The van der Waals surface area contributed by atoms with E-state index in [0.717, 1.165) is 0 Å². The first-order chi connectivity index (χ1) is 10.7. The third-order valence-corrected chi connectivity index (χ3v) is 4.84. The van der Waals surface area contributed by atoms with E-state index >= 15 is 0 Å². The summed E-state index contributed by atoms with van der Waals surface area (Å²) in [5.41, 5.74) is 0. The van der Waals surface area contributed by atoms with Crippen molar-refractivity contribution in [1.82, 2.24) is 4.90 Å². The molecule has 2 atom stereocenters. The lowest BCUT2D eigenvalue weighted by atomic mass is 10.0. The molecule has 0 heterocycles. The van der Waals surface area contributed by atoms with Crippen molar-refractivity contribution >= 4 is 0 Å². The van der Waals surface area contributed by atoms with E-state index in [1.54, 1.807) is 0 Å². The van der Waals surface area contributed by atoms with Gasteiger partial charge in [0.1, 0.15) is 0 Å². The van der Waals surface area contributed by atoms with E-state index in [1.807, 2.05) is 0 Å². The lowest BCUT2D eigenvalue weighted by Gasteiger charge is -2.33. The number of unbranched alkanes of at least 4 members (excludes halogenated alkanes) is 8. The third kappa shape index (κ3) is 11.1. The predicted octanol–water partition coefficient (Wildman–Crippen LogP) is 6.31. The van der Waals surface area contributed by atoms with Crippen LogP contribution in [0.4, 0.5) is 0 Å². The number of hydrogen-bond acceptors (Lipinski definition) is 2. The van der Waals surface area contributed by atoms with Crippen LogP contribution in [-0.2, 0) is 0 Å². The second-order valence-corrected chi connectivity index (χ2v) is 6.93. The SMILES string of the molecule is CCCCCCCC(C)N(CC#N)C(C)CCCCCCC. The molecule has 22 heavy (non-hydrogen) atoms. The summed E-state index contributed by atoms with van der Waals surface area (Å²) in [6, 6.07) is 3.47. The first kappa shape index (κ1) is 21.4. The quantitative estimate of drug-likeness (QED) is 0.262. The number of nitrogens with zero attached hydrogens (tertiary/aromatic N) is 2. The first-order valence-electron chi connectivity index (χ1n) is 9.80. The molecule has 2 nitrogen and oxygen atoms in total. The smallest absolute Gasteiger partial charge is 0.0870 e. The second kappa shape index (κ2) is 15.3. The zero-order chi connectivity index (χ0) is 16.6. The Morgan fingerprint density at radius 1 is 0.727 bits per heavy atom. The van der Waals surface area contributed by atoms with Gasteiger partial charge in [0, 0.05) is 12.1 Å². The molecule has 0 aliphatic heterocycles. The molecule has 0 aromatic heterocycles. The molecule has 0 aromatic rings. The topological polar surface area (TPSA) is 27.0 Å². The summed E-state index contributed by atoms with van der Waals surface area (Å²) >= 11 is 0. The first-order valence-corrected chi connectivity index (χ1v) is 9.80. The van der Waals surface area contributed by atoms with Gasteiger partial charge in [-0.15, -0.1) is 0 Å². The number of nitriles is 1. The highest BCUT2D eigenvalue weighted by atomic mass is 15.2. The predicted molar refractivity (Wildman–Crippen MR) is 98.0 cm³/mol. The molecule has 0 spiro atoms. The molecule has 0 N–H and O–H groups in total. The highest BCUT2D eigenvalue weighted by Crippen LogP contribution is 2.17. The molecule has 0 aromatic carbocycles. The minimum Gasteiger partial charge on any atom is -0.285 e. The Balaban J connectivity index is 4.01. The van der Waals surface area contributed by atoms with Gasteiger partial charge < -0.3 is 0 Å². The standard InChI is InChI=1S/C20H40N2/c1-5-7-9-11-13-15-19(3)22(18-17-21)20(4)16-14-12-10-8-6-2/h19-20H,5-16,18H2,1-4H3. The Bertz CT molecular complexity index is 249. The van der Waals surface area contributed by atoms with Crippen LogP contribution in [0.2, 0.25) is 0 Å². The van der Waals surface area contributed by atoms with Crippen LogP contribution >= 0.6 is 0 Å². The average Bonchev–Trinajstić information content (AvgIpc) is 2.51. The van der Waals surface area contributed by atoms with E-state index in [9.17, 15) is 0 Å². The van der Waals surface area contributed by atoms with Crippen molar-refractivity contribution in [3.63, 3.8) is 0 Å². The Morgan fingerprint density at radius 3 is 1.50 bits per heavy atom. The Labute approximate surface area is 140 Å². The molecular weight excluding hydrogens is 268 g/mol. The second-order valence-electron chi connectivity index (χ2n) is 6.93. The Kier molecular flexibility index (Phi) is 15.0. The monoisotopic (exact) mass is 308 g/mol. The van der Waals surface area contributed by atoms with Crippen molar-refractivity contribution in [2.45, 2.75) is 117 Å². The lowest BCUT2D eigenvalue weighted by Crippen LogP contribution is -2.40. The summed E-state index contributed by atoms with van der Waals surface area (Å²) in [6.07, 6.45) is 15.9. The van der Waals surface area contributed by atoms with E-state index in [0.29, 0.717) is 18.6 Å². The normalized spacial score (nSPS) is 14.0. The van der Waals surface area contributed by atoms with Crippen molar-refractivity contribution in [2.24, 2.45) is 0 Å². The maximum atomic E-state index is 9.13. The van der Waals surface area contributed by atoms with Gasteiger partial charge in [0.15, 0.2) is 0 Å². The van der Waals surface area contributed by atoms with E-state index in [-0.39, 0.29) is 0 Å². The van der Waals surface area contributed by atoms with Gasteiger partial charge in [-0.1, -0.05) is 78.1 Å². The van der Waals surface area contributed by atoms with E-state index in [1.165, 1.54) is 77.0 Å². The largest absolute Gasteiger partial charge is 0.285 e. The van der Waals surface area contributed by atoms with Crippen LogP contribution in [0.1, 0.15) is 105 Å². The van der Waals surface area contributed by atoms with Crippen LogP contribution in [-0.4, -0.2) is 23.5 Å². The van der Waals surface area contributed by atoms with Crippen molar-refractivity contribution in [3.8, 4) is 6.07 Å². The Hall–Kier alpha value is -0.550. The molecule has 0 amide bonds. The van der Waals surface area contributed by atoms with Gasteiger partial charge in [-0.3, -0.25) is 4.90 Å². The minimum absolute atomic E-state index is 0.548. The zero-order valence-corrected chi connectivity index (χ0v) is 15.7. The molecule has 0 rings (SSSR count). The van der Waals surface area contributed by atoms with Gasteiger partial charge >= 0.3 is 0 Å². The van der Waals surface area contributed by atoms with Crippen LogP contribution in [0.25, 0.3) is 0 Å². The number of hydrogen-bond donors (Lipinski definition) is 0. The van der Waals surface area contributed by atoms with E-state index in [2.05, 4.69) is 38.7 Å². The summed E-state index contributed by atoms with van der Waals surface area (Å²) in [7, 11) is 0. The molecule has 2 unspecified atom stereocenters. The summed E-state index contributed by atoms with van der Waals surface area (Å²) in [4.78, 5) is 2.43. The molecular formula is C20H40N2. The molecule has 0 aliphatic carbocycles. The Morgan fingerprint density at radius 2 is 1.14 bits per heavy atom. The maximum Gasteiger partial charge on any atom is 0.0870 e. The minimum atomic E-state index is 0.548. The number of rotatable bonds is 15. The van der Waals surface area contributed by atoms with Crippen LogP contribution in [0, 0.1) is 11.3 Å². The molecule has 2 heteroatoms. The fraction of sp³-hybridized carbons (Fsp3) is 0.950. The molecule has 0 bridgehead atoms. The summed E-state index contributed by atoms with van der Waals surface area (Å²) < 4.78 is 0. The van der Waals surface area contributed by atoms with Crippen LogP contribution in [0.15, 0.2) is 0 Å². The molecule has 0 radical (unpaired) electrons.